The van der Waals surface area contributed by atoms with Gasteiger partial charge in [0.2, 0.25) is 11.8 Å². The van der Waals surface area contributed by atoms with E-state index in [0.717, 1.165) is 38.1 Å². The van der Waals surface area contributed by atoms with Gasteiger partial charge in [-0.25, -0.2) is 4.98 Å². The normalized spacial score (nSPS) is 23.0. The van der Waals surface area contributed by atoms with Crippen LogP contribution in [0.3, 0.4) is 0 Å². The van der Waals surface area contributed by atoms with Gasteiger partial charge in [-0.3, -0.25) is 9.59 Å². The first-order valence-corrected chi connectivity index (χ1v) is 8.92. The highest BCUT2D eigenvalue weighted by atomic mass is 16.2. The molecule has 3 heterocycles. The fourth-order valence-corrected chi connectivity index (χ4v) is 3.57. The molecule has 24 heavy (non-hydrogen) atoms. The maximum atomic E-state index is 12.9. The van der Waals surface area contributed by atoms with Crippen LogP contribution >= 0.6 is 0 Å². The molecule has 1 N–H and O–H groups in total. The van der Waals surface area contributed by atoms with Gasteiger partial charge >= 0.3 is 0 Å². The molecule has 2 fully saturated rings. The maximum Gasteiger partial charge on any atom is 0.242 e. The fourth-order valence-electron chi connectivity index (χ4n) is 3.57. The molecule has 7 nitrogen and oxygen atoms in total. The number of rotatable bonds is 3. The summed E-state index contributed by atoms with van der Waals surface area (Å²) in [4.78, 5) is 33.2. The Hall–Kier alpha value is -1.89. The molecule has 2 aliphatic rings. The van der Waals surface area contributed by atoms with E-state index < -0.39 is 0 Å². The summed E-state index contributed by atoms with van der Waals surface area (Å²) in [7, 11) is 1.95. The molecule has 1 aromatic heterocycles. The Morgan fingerprint density at radius 3 is 2.92 bits per heavy atom. The van der Waals surface area contributed by atoms with Crippen molar-refractivity contribution in [2.45, 2.75) is 38.1 Å². The van der Waals surface area contributed by atoms with Gasteiger partial charge in [-0.2, -0.15) is 0 Å². The van der Waals surface area contributed by atoms with E-state index in [2.05, 4.69) is 10.3 Å². The lowest BCUT2D eigenvalue weighted by molar-refractivity contribution is -0.143. The van der Waals surface area contributed by atoms with Crippen molar-refractivity contribution in [1.82, 2.24) is 24.7 Å². The third-order valence-electron chi connectivity index (χ3n) is 4.97. The SMILES string of the molecule is Cn1ccnc1C1CNCCN1C(=O)CN1CCCCCCC1=O. The number of carbonyl (C=O) groups is 2. The van der Waals surface area contributed by atoms with Crippen molar-refractivity contribution in [2.75, 3.05) is 32.7 Å². The van der Waals surface area contributed by atoms with Gasteiger partial charge in [0, 0.05) is 52.0 Å². The second-order valence-corrected chi connectivity index (χ2v) is 6.68. The highest BCUT2D eigenvalue weighted by Crippen LogP contribution is 2.21. The van der Waals surface area contributed by atoms with E-state index in [1.807, 2.05) is 22.7 Å². The smallest absolute Gasteiger partial charge is 0.242 e. The number of carbonyl (C=O) groups excluding carboxylic acids is 2. The minimum absolute atomic E-state index is 0.0263. The number of hydrogen-bond acceptors (Lipinski definition) is 4. The van der Waals surface area contributed by atoms with Crippen molar-refractivity contribution in [3.8, 4) is 0 Å². The lowest BCUT2D eigenvalue weighted by Crippen LogP contribution is -2.52. The van der Waals surface area contributed by atoms with Gasteiger partial charge in [0.15, 0.2) is 0 Å². The number of aryl methyl sites for hydroxylation is 1. The minimum Gasteiger partial charge on any atom is -0.336 e. The van der Waals surface area contributed by atoms with Crippen LogP contribution in [-0.4, -0.2) is 63.9 Å². The fraction of sp³-hybridized carbons (Fsp3) is 0.706. The number of nitrogens with one attached hydrogen (secondary N) is 1. The predicted molar refractivity (Wildman–Crippen MR) is 90.2 cm³/mol. The van der Waals surface area contributed by atoms with Crippen molar-refractivity contribution in [3.63, 3.8) is 0 Å². The molecule has 0 aliphatic carbocycles. The summed E-state index contributed by atoms with van der Waals surface area (Å²) in [6.07, 6.45) is 8.41. The molecular weight excluding hydrogens is 306 g/mol. The Morgan fingerprint density at radius 2 is 2.12 bits per heavy atom. The molecule has 0 radical (unpaired) electrons. The van der Waals surface area contributed by atoms with E-state index in [1.165, 1.54) is 0 Å². The van der Waals surface area contributed by atoms with E-state index in [0.29, 0.717) is 26.1 Å². The van der Waals surface area contributed by atoms with Gasteiger partial charge in [-0.1, -0.05) is 12.8 Å². The Kier molecular flexibility index (Phi) is 5.50. The van der Waals surface area contributed by atoms with Crippen molar-refractivity contribution in [2.24, 2.45) is 7.05 Å². The molecule has 132 valence electrons. The van der Waals surface area contributed by atoms with Gasteiger partial charge in [0.25, 0.3) is 0 Å². The standard InChI is InChI=1S/C17H27N5O2/c1-20-10-8-19-17(20)14-12-18-7-11-22(14)16(24)13-21-9-5-3-2-4-6-15(21)23/h8,10,14,18H,2-7,9,11-13H2,1H3. The van der Waals surface area contributed by atoms with Crippen LogP contribution in [-0.2, 0) is 16.6 Å². The summed E-state index contributed by atoms with van der Waals surface area (Å²) in [5, 5.41) is 3.34. The first-order chi connectivity index (χ1) is 11.7. The number of hydrogen-bond donors (Lipinski definition) is 1. The molecule has 1 aromatic rings. The van der Waals surface area contributed by atoms with Crippen molar-refractivity contribution >= 4 is 11.8 Å². The lowest BCUT2D eigenvalue weighted by atomic mass is 10.1. The Bertz CT molecular complexity index is 585. The highest BCUT2D eigenvalue weighted by Gasteiger charge is 2.31. The van der Waals surface area contributed by atoms with E-state index in [9.17, 15) is 9.59 Å². The summed E-state index contributed by atoms with van der Waals surface area (Å²) in [5.74, 6) is 1.03. The molecule has 3 rings (SSSR count). The molecule has 7 heteroatoms. The number of amides is 2. The highest BCUT2D eigenvalue weighted by molar-refractivity contribution is 5.85. The molecule has 1 unspecified atom stereocenters. The van der Waals surface area contributed by atoms with Gasteiger partial charge in [0.1, 0.15) is 11.9 Å². The Labute approximate surface area is 143 Å². The van der Waals surface area contributed by atoms with Crippen LogP contribution in [0.4, 0.5) is 0 Å². The van der Waals surface area contributed by atoms with Crippen LogP contribution in [0.15, 0.2) is 12.4 Å². The third-order valence-corrected chi connectivity index (χ3v) is 4.97. The van der Waals surface area contributed by atoms with Crippen molar-refractivity contribution < 1.29 is 9.59 Å². The monoisotopic (exact) mass is 333 g/mol. The number of piperazine rings is 1. The summed E-state index contributed by atoms with van der Waals surface area (Å²) < 4.78 is 1.96. The predicted octanol–water partition coefficient (Wildman–Crippen LogP) is 0.686. The van der Waals surface area contributed by atoms with E-state index >= 15 is 0 Å². The van der Waals surface area contributed by atoms with Crippen LogP contribution in [0.5, 0.6) is 0 Å². The number of imidazole rings is 1. The summed E-state index contributed by atoms with van der Waals surface area (Å²) in [6, 6.07) is -0.0730. The van der Waals surface area contributed by atoms with Crippen LogP contribution < -0.4 is 5.32 Å². The van der Waals surface area contributed by atoms with Gasteiger partial charge in [0.05, 0.1) is 6.54 Å². The molecule has 0 spiro atoms. The van der Waals surface area contributed by atoms with Gasteiger partial charge < -0.3 is 19.7 Å². The molecule has 1 atom stereocenters. The molecule has 2 aliphatic heterocycles. The zero-order valence-corrected chi connectivity index (χ0v) is 14.4. The molecular formula is C17H27N5O2. The van der Waals surface area contributed by atoms with Crippen LogP contribution in [0.2, 0.25) is 0 Å². The summed E-state index contributed by atoms with van der Waals surface area (Å²) in [5.41, 5.74) is 0. The zero-order chi connectivity index (χ0) is 16.9. The quantitative estimate of drug-likeness (QED) is 0.883. The molecule has 2 amide bonds. The van der Waals surface area contributed by atoms with Crippen molar-refractivity contribution in [1.29, 1.82) is 0 Å². The minimum atomic E-state index is -0.0730. The lowest BCUT2D eigenvalue weighted by Gasteiger charge is -2.37. The molecule has 0 saturated carbocycles. The topological polar surface area (TPSA) is 70.5 Å². The van der Waals surface area contributed by atoms with E-state index in [4.69, 9.17) is 0 Å². The molecule has 2 saturated heterocycles. The number of aromatic nitrogens is 2. The largest absolute Gasteiger partial charge is 0.336 e. The molecule has 0 bridgehead atoms. The van der Waals surface area contributed by atoms with Crippen LogP contribution in [0, 0.1) is 0 Å². The zero-order valence-electron chi connectivity index (χ0n) is 14.4. The van der Waals surface area contributed by atoms with E-state index in [-0.39, 0.29) is 24.4 Å². The second kappa shape index (κ2) is 7.79. The first-order valence-electron chi connectivity index (χ1n) is 8.92. The average Bonchev–Trinajstić information content (AvgIpc) is 3.00. The Morgan fingerprint density at radius 1 is 1.29 bits per heavy atom. The van der Waals surface area contributed by atoms with Crippen LogP contribution in [0.25, 0.3) is 0 Å². The summed E-state index contributed by atoms with van der Waals surface area (Å²) in [6.45, 7) is 3.02. The molecule has 0 aromatic carbocycles. The first kappa shape index (κ1) is 17.0. The van der Waals surface area contributed by atoms with Gasteiger partial charge in [-0.15, -0.1) is 0 Å². The average molecular weight is 333 g/mol. The van der Waals surface area contributed by atoms with Crippen LogP contribution in [0.1, 0.15) is 44.0 Å². The van der Waals surface area contributed by atoms with E-state index in [1.54, 1.807) is 11.1 Å². The third kappa shape index (κ3) is 3.77. The Balaban J connectivity index is 1.69. The van der Waals surface area contributed by atoms with Gasteiger partial charge in [-0.05, 0) is 12.8 Å². The number of likely N-dealkylation sites (tertiary alicyclic amines) is 1. The summed E-state index contributed by atoms with van der Waals surface area (Å²) >= 11 is 0. The number of nitrogens with zero attached hydrogens (tertiary/aromatic N) is 4. The maximum absolute atomic E-state index is 12.9. The second-order valence-electron chi connectivity index (χ2n) is 6.68. The van der Waals surface area contributed by atoms with Crippen molar-refractivity contribution in [3.05, 3.63) is 18.2 Å².